The molecular formula is C17H37N. The first kappa shape index (κ1) is 18.0. The summed E-state index contributed by atoms with van der Waals surface area (Å²) < 4.78 is 0. The maximum Gasteiger partial charge on any atom is 0.00413 e. The minimum atomic E-state index is 0.425. The summed E-state index contributed by atoms with van der Waals surface area (Å²) in [6, 6.07) is 0.425. The standard InChI is InChI=1S/C17H37N/c1-6-7-8-9-11-15(2)14-16(18)12-10-13-17(3,4)5/h15-16H,6-14,18H2,1-5H3. The number of nitrogens with two attached hydrogens (primary N) is 1. The van der Waals surface area contributed by atoms with Gasteiger partial charge in [0.1, 0.15) is 0 Å². The fourth-order valence-corrected chi connectivity index (χ4v) is 2.57. The molecule has 0 amide bonds. The third-order valence-electron chi connectivity index (χ3n) is 3.76. The third kappa shape index (κ3) is 12.4. The number of rotatable bonds is 10. The van der Waals surface area contributed by atoms with Crippen molar-refractivity contribution in [2.24, 2.45) is 17.1 Å². The van der Waals surface area contributed by atoms with Gasteiger partial charge in [0, 0.05) is 6.04 Å². The minimum Gasteiger partial charge on any atom is -0.328 e. The minimum absolute atomic E-state index is 0.425. The highest BCUT2D eigenvalue weighted by Crippen LogP contribution is 2.23. The molecule has 0 radical (unpaired) electrons. The van der Waals surface area contributed by atoms with Crippen LogP contribution in [0.5, 0.6) is 0 Å². The van der Waals surface area contributed by atoms with Crippen LogP contribution in [-0.4, -0.2) is 6.04 Å². The van der Waals surface area contributed by atoms with Gasteiger partial charge in [-0.3, -0.25) is 0 Å². The quantitative estimate of drug-likeness (QED) is 0.511. The molecule has 2 N–H and O–H groups in total. The Balaban J connectivity index is 3.52. The highest BCUT2D eigenvalue weighted by atomic mass is 14.6. The lowest BCUT2D eigenvalue weighted by Crippen LogP contribution is -2.23. The molecule has 0 spiro atoms. The molecular weight excluding hydrogens is 218 g/mol. The Labute approximate surface area is 116 Å². The van der Waals surface area contributed by atoms with Crippen molar-refractivity contribution >= 4 is 0 Å². The van der Waals surface area contributed by atoms with Crippen molar-refractivity contribution in [3.63, 3.8) is 0 Å². The van der Waals surface area contributed by atoms with Gasteiger partial charge in [-0.2, -0.15) is 0 Å². The highest BCUT2D eigenvalue weighted by molar-refractivity contribution is 4.69. The molecule has 1 heteroatoms. The van der Waals surface area contributed by atoms with E-state index in [1.165, 1.54) is 57.8 Å². The van der Waals surface area contributed by atoms with Crippen LogP contribution in [-0.2, 0) is 0 Å². The van der Waals surface area contributed by atoms with Crippen molar-refractivity contribution in [1.82, 2.24) is 0 Å². The van der Waals surface area contributed by atoms with E-state index in [1.54, 1.807) is 0 Å². The largest absolute Gasteiger partial charge is 0.328 e. The lowest BCUT2D eigenvalue weighted by molar-refractivity contribution is 0.337. The predicted octanol–water partition coefficient (Wildman–Crippen LogP) is 5.53. The molecule has 2 unspecified atom stereocenters. The molecule has 0 aromatic rings. The summed E-state index contributed by atoms with van der Waals surface area (Å²) in [7, 11) is 0. The normalized spacial score (nSPS) is 15.7. The van der Waals surface area contributed by atoms with E-state index in [4.69, 9.17) is 5.73 Å². The molecule has 0 aliphatic rings. The van der Waals surface area contributed by atoms with Crippen LogP contribution < -0.4 is 5.73 Å². The van der Waals surface area contributed by atoms with Gasteiger partial charge >= 0.3 is 0 Å². The molecule has 0 fully saturated rings. The van der Waals surface area contributed by atoms with Gasteiger partial charge in [0.15, 0.2) is 0 Å². The number of unbranched alkanes of at least 4 members (excludes halogenated alkanes) is 3. The van der Waals surface area contributed by atoms with E-state index in [0.717, 1.165) is 5.92 Å². The van der Waals surface area contributed by atoms with Crippen molar-refractivity contribution in [2.45, 2.75) is 98.4 Å². The molecule has 2 atom stereocenters. The van der Waals surface area contributed by atoms with Crippen molar-refractivity contribution in [1.29, 1.82) is 0 Å². The van der Waals surface area contributed by atoms with Gasteiger partial charge in [0.25, 0.3) is 0 Å². The van der Waals surface area contributed by atoms with E-state index in [2.05, 4.69) is 34.6 Å². The van der Waals surface area contributed by atoms with Crippen LogP contribution in [0.25, 0.3) is 0 Å². The van der Waals surface area contributed by atoms with E-state index in [9.17, 15) is 0 Å². The molecule has 0 saturated heterocycles. The molecule has 0 aromatic heterocycles. The first-order valence-corrected chi connectivity index (χ1v) is 8.10. The zero-order valence-electron chi connectivity index (χ0n) is 13.6. The van der Waals surface area contributed by atoms with Crippen LogP contribution in [0.3, 0.4) is 0 Å². The molecule has 0 rings (SSSR count). The van der Waals surface area contributed by atoms with Gasteiger partial charge in [0.2, 0.25) is 0 Å². The van der Waals surface area contributed by atoms with Crippen LogP contribution in [0, 0.1) is 11.3 Å². The van der Waals surface area contributed by atoms with Crippen molar-refractivity contribution in [2.75, 3.05) is 0 Å². The zero-order valence-corrected chi connectivity index (χ0v) is 13.6. The maximum absolute atomic E-state index is 6.23. The number of hydrogen-bond acceptors (Lipinski definition) is 1. The SMILES string of the molecule is CCCCCCC(C)CC(N)CCCC(C)(C)C. The van der Waals surface area contributed by atoms with Gasteiger partial charge in [-0.1, -0.05) is 73.1 Å². The van der Waals surface area contributed by atoms with Crippen molar-refractivity contribution in [3.05, 3.63) is 0 Å². The first-order valence-electron chi connectivity index (χ1n) is 8.10. The van der Waals surface area contributed by atoms with Crippen LogP contribution >= 0.6 is 0 Å². The molecule has 0 aromatic carbocycles. The summed E-state index contributed by atoms with van der Waals surface area (Å²) in [5.41, 5.74) is 6.70. The third-order valence-corrected chi connectivity index (χ3v) is 3.76. The smallest absolute Gasteiger partial charge is 0.00413 e. The molecule has 18 heavy (non-hydrogen) atoms. The summed E-state index contributed by atoms with van der Waals surface area (Å²) >= 11 is 0. The fourth-order valence-electron chi connectivity index (χ4n) is 2.57. The fraction of sp³-hybridized carbons (Fsp3) is 1.00. The van der Waals surface area contributed by atoms with Gasteiger partial charge in [0.05, 0.1) is 0 Å². The lowest BCUT2D eigenvalue weighted by atomic mass is 9.87. The lowest BCUT2D eigenvalue weighted by Gasteiger charge is -2.21. The Hall–Kier alpha value is -0.0400. The zero-order chi connectivity index (χ0) is 14.0. The molecule has 110 valence electrons. The second-order valence-electron chi connectivity index (χ2n) is 7.40. The monoisotopic (exact) mass is 255 g/mol. The molecule has 0 heterocycles. The molecule has 0 aliphatic carbocycles. The Morgan fingerprint density at radius 2 is 1.61 bits per heavy atom. The summed E-state index contributed by atoms with van der Waals surface area (Å²) in [5.74, 6) is 0.812. The number of hydrogen-bond donors (Lipinski definition) is 1. The highest BCUT2D eigenvalue weighted by Gasteiger charge is 2.13. The summed E-state index contributed by atoms with van der Waals surface area (Å²) in [6.45, 7) is 11.6. The van der Waals surface area contributed by atoms with Crippen LogP contribution in [0.15, 0.2) is 0 Å². The predicted molar refractivity (Wildman–Crippen MR) is 83.8 cm³/mol. The second kappa shape index (κ2) is 9.83. The topological polar surface area (TPSA) is 26.0 Å². The van der Waals surface area contributed by atoms with E-state index >= 15 is 0 Å². The van der Waals surface area contributed by atoms with Crippen molar-refractivity contribution in [3.8, 4) is 0 Å². The van der Waals surface area contributed by atoms with Gasteiger partial charge in [-0.25, -0.2) is 0 Å². The summed E-state index contributed by atoms with van der Waals surface area (Å²) in [5, 5.41) is 0. The molecule has 0 saturated carbocycles. The van der Waals surface area contributed by atoms with E-state index < -0.39 is 0 Å². The van der Waals surface area contributed by atoms with Gasteiger partial charge < -0.3 is 5.73 Å². The van der Waals surface area contributed by atoms with Crippen LogP contribution in [0.1, 0.15) is 92.4 Å². The van der Waals surface area contributed by atoms with Crippen molar-refractivity contribution < 1.29 is 0 Å². The average Bonchev–Trinajstić information content (AvgIpc) is 2.22. The van der Waals surface area contributed by atoms with Gasteiger partial charge in [-0.15, -0.1) is 0 Å². The molecule has 0 aliphatic heterocycles. The summed E-state index contributed by atoms with van der Waals surface area (Å²) in [4.78, 5) is 0. The average molecular weight is 255 g/mol. The second-order valence-corrected chi connectivity index (χ2v) is 7.40. The van der Waals surface area contributed by atoms with E-state index in [-0.39, 0.29) is 0 Å². The Morgan fingerprint density at radius 3 is 2.17 bits per heavy atom. The Kier molecular flexibility index (Phi) is 9.81. The maximum atomic E-state index is 6.23. The Morgan fingerprint density at radius 1 is 0.944 bits per heavy atom. The van der Waals surface area contributed by atoms with Crippen LogP contribution in [0.4, 0.5) is 0 Å². The Bertz CT molecular complexity index is 181. The van der Waals surface area contributed by atoms with Crippen LogP contribution in [0.2, 0.25) is 0 Å². The van der Waals surface area contributed by atoms with E-state index in [1.807, 2.05) is 0 Å². The summed E-state index contributed by atoms with van der Waals surface area (Å²) in [6.07, 6.45) is 11.9. The first-order chi connectivity index (χ1) is 8.35. The van der Waals surface area contributed by atoms with E-state index in [0.29, 0.717) is 11.5 Å². The molecule has 1 nitrogen and oxygen atoms in total. The van der Waals surface area contributed by atoms with Gasteiger partial charge in [-0.05, 0) is 30.6 Å². The molecule has 0 bridgehead atoms.